The molecule has 1 aliphatic rings. The Morgan fingerprint density at radius 2 is 2.04 bits per heavy atom. The Morgan fingerprint density at radius 1 is 1.16 bits per heavy atom. The molecule has 0 saturated carbocycles. The highest BCUT2D eigenvalue weighted by Gasteiger charge is 2.27. The zero-order valence-electron chi connectivity index (χ0n) is 13.3. The highest BCUT2D eigenvalue weighted by Crippen LogP contribution is 2.39. The largest absolute Gasteiger partial charge is 0.312 e. The summed E-state index contributed by atoms with van der Waals surface area (Å²) < 4.78 is 0. The molecule has 0 unspecified atom stereocenters. The maximum absolute atomic E-state index is 13.0. The number of carbonyl (C=O) groups excluding carboxylic acids is 2. The molecule has 0 radical (unpaired) electrons. The summed E-state index contributed by atoms with van der Waals surface area (Å²) in [5, 5.41) is 5.41. The standard InChI is InChI=1S/C18H15N3O2S2/c22-16(14-6-3-9-24-14)15-11-4-1-2-5-13(11)25-18(15)21-17(23)12-10-19-7-8-20-12/h3,6-10H,1-2,4-5H2,(H,21,23). The number of nitrogens with one attached hydrogen (secondary N) is 1. The Labute approximate surface area is 152 Å². The third-order valence-corrected chi connectivity index (χ3v) is 6.24. The van der Waals surface area contributed by atoms with Crippen LogP contribution in [0.25, 0.3) is 0 Å². The van der Waals surface area contributed by atoms with Crippen LogP contribution in [0.3, 0.4) is 0 Å². The van der Waals surface area contributed by atoms with Gasteiger partial charge in [0.1, 0.15) is 10.7 Å². The summed E-state index contributed by atoms with van der Waals surface area (Å²) in [6.07, 6.45) is 8.47. The van der Waals surface area contributed by atoms with E-state index in [0.29, 0.717) is 15.4 Å². The van der Waals surface area contributed by atoms with Crippen molar-refractivity contribution in [2.75, 3.05) is 5.32 Å². The fourth-order valence-corrected chi connectivity index (χ4v) is 4.96. The maximum atomic E-state index is 13.0. The summed E-state index contributed by atoms with van der Waals surface area (Å²) in [4.78, 5) is 35.3. The second kappa shape index (κ2) is 6.85. The number of carbonyl (C=O) groups is 2. The number of ketones is 1. The van der Waals surface area contributed by atoms with Crippen LogP contribution in [-0.4, -0.2) is 21.7 Å². The van der Waals surface area contributed by atoms with Crippen molar-refractivity contribution in [1.29, 1.82) is 0 Å². The van der Waals surface area contributed by atoms with Gasteiger partial charge in [-0.05, 0) is 42.7 Å². The molecule has 25 heavy (non-hydrogen) atoms. The van der Waals surface area contributed by atoms with E-state index < -0.39 is 0 Å². The van der Waals surface area contributed by atoms with Gasteiger partial charge in [-0.3, -0.25) is 14.6 Å². The minimum atomic E-state index is -0.341. The number of rotatable bonds is 4. The number of thiophene rings is 2. The molecule has 4 rings (SSSR count). The molecule has 1 aliphatic carbocycles. The van der Waals surface area contributed by atoms with Crippen LogP contribution in [0.2, 0.25) is 0 Å². The second-order valence-corrected chi connectivity index (χ2v) is 7.82. The molecular formula is C18H15N3O2S2. The van der Waals surface area contributed by atoms with Crippen molar-refractivity contribution in [1.82, 2.24) is 9.97 Å². The van der Waals surface area contributed by atoms with Crippen molar-refractivity contribution in [2.45, 2.75) is 25.7 Å². The molecule has 7 heteroatoms. The van der Waals surface area contributed by atoms with Gasteiger partial charge in [-0.15, -0.1) is 22.7 Å². The van der Waals surface area contributed by atoms with Gasteiger partial charge in [-0.25, -0.2) is 4.98 Å². The predicted octanol–water partition coefficient (Wildman–Crippen LogP) is 3.96. The molecule has 0 fully saturated rings. The lowest BCUT2D eigenvalue weighted by molar-refractivity contribution is 0.102. The third kappa shape index (κ3) is 3.12. The highest BCUT2D eigenvalue weighted by molar-refractivity contribution is 7.17. The summed E-state index contributed by atoms with van der Waals surface area (Å²) in [7, 11) is 0. The predicted molar refractivity (Wildman–Crippen MR) is 98.7 cm³/mol. The van der Waals surface area contributed by atoms with E-state index >= 15 is 0 Å². The Kier molecular flexibility index (Phi) is 4.42. The number of aromatic nitrogens is 2. The summed E-state index contributed by atoms with van der Waals surface area (Å²) in [5.74, 6) is -0.351. The van der Waals surface area contributed by atoms with Crippen molar-refractivity contribution >= 4 is 39.4 Å². The van der Waals surface area contributed by atoms with Crippen LogP contribution in [0, 0.1) is 0 Å². The van der Waals surface area contributed by atoms with Crippen LogP contribution in [0.15, 0.2) is 36.1 Å². The van der Waals surface area contributed by atoms with Gasteiger partial charge in [0, 0.05) is 17.3 Å². The van der Waals surface area contributed by atoms with Crippen LogP contribution < -0.4 is 5.32 Å². The van der Waals surface area contributed by atoms with Crippen molar-refractivity contribution < 1.29 is 9.59 Å². The van der Waals surface area contributed by atoms with Crippen molar-refractivity contribution in [2.24, 2.45) is 0 Å². The van der Waals surface area contributed by atoms with Gasteiger partial charge in [0.15, 0.2) is 0 Å². The number of nitrogens with zero attached hydrogens (tertiary/aromatic N) is 2. The number of aryl methyl sites for hydroxylation is 1. The van der Waals surface area contributed by atoms with Gasteiger partial charge in [0.05, 0.1) is 16.6 Å². The minimum Gasteiger partial charge on any atom is -0.312 e. The van der Waals surface area contributed by atoms with E-state index in [-0.39, 0.29) is 17.4 Å². The topological polar surface area (TPSA) is 72.0 Å². The fraction of sp³-hybridized carbons (Fsp3) is 0.222. The normalized spacial score (nSPS) is 13.3. The van der Waals surface area contributed by atoms with Gasteiger partial charge >= 0.3 is 0 Å². The van der Waals surface area contributed by atoms with Gasteiger partial charge in [0.2, 0.25) is 5.78 Å². The lowest BCUT2D eigenvalue weighted by Gasteiger charge is -2.12. The Balaban J connectivity index is 1.73. The van der Waals surface area contributed by atoms with E-state index in [2.05, 4.69) is 15.3 Å². The van der Waals surface area contributed by atoms with Crippen LogP contribution in [0.5, 0.6) is 0 Å². The zero-order chi connectivity index (χ0) is 17.2. The molecule has 126 valence electrons. The molecule has 0 bridgehead atoms. The van der Waals surface area contributed by atoms with E-state index in [4.69, 9.17) is 0 Å². The average Bonchev–Trinajstić information content (AvgIpc) is 3.29. The summed E-state index contributed by atoms with van der Waals surface area (Å²) in [6.45, 7) is 0. The van der Waals surface area contributed by atoms with Crippen molar-refractivity contribution in [3.8, 4) is 0 Å². The summed E-state index contributed by atoms with van der Waals surface area (Å²) >= 11 is 2.94. The first-order chi connectivity index (χ1) is 12.2. The SMILES string of the molecule is O=C(Nc1sc2c(c1C(=O)c1cccs1)CCCC2)c1cnccn1. The lowest BCUT2D eigenvalue weighted by Crippen LogP contribution is -2.15. The second-order valence-electron chi connectivity index (χ2n) is 5.77. The maximum Gasteiger partial charge on any atom is 0.276 e. The quantitative estimate of drug-likeness (QED) is 0.707. The third-order valence-electron chi connectivity index (χ3n) is 4.17. The first-order valence-electron chi connectivity index (χ1n) is 8.04. The highest BCUT2D eigenvalue weighted by atomic mass is 32.1. The molecule has 0 aromatic carbocycles. The molecule has 1 amide bonds. The first kappa shape index (κ1) is 16.1. The van der Waals surface area contributed by atoms with Crippen LogP contribution in [-0.2, 0) is 12.8 Å². The molecule has 3 aromatic heterocycles. The van der Waals surface area contributed by atoms with Gasteiger partial charge < -0.3 is 5.32 Å². The minimum absolute atomic E-state index is 0.0103. The van der Waals surface area contributed by atoms with E-state index in [1.165, 1.54) is 46.1 Å². The van der Waals surface area contributed by atoms with Crippen LogP contribution in [0.1, 0.15) is 49.0 Å². The molecule has 0 spiro atoms. The van der Waals surface area contributed by atoms with Crippen LogP contribution in [0.4, 0.5) is 5.00 Å². The Morgan fingerprint density at radius 3 is 2.80 bits per heavy atom. The molecule has 0 atom stereocenters. The molecule has 3 heterocycles. The van der Waals surface area contributed by atoms with Gasteiger partial charge in [0.25, 0.3) is 5.91 Å². The molecule has 1 N–H and O–H groups in total. The molecular weight excluding hydrogens is 354 g/mol. The summed E-state index contributed by atoms with van der Waals surface area (Å²) in [5.41, 5.74) is 1.99. The van der Waals surface area contributed by atoms with E-state index in [9.17, 15) is 9.59 Å². The molecule has 3 aromatic rings. The Bertz CT molecular complexity index is 917. The molecule has 0 aliphatic heterocycles. The molecule has 0 saturated heterocycles. The lowest BCUT2D eigenvalue weighted by atomic mass is 9.93. The fourth-order valence-electron chi connectivity index (χ4n) is 3.01. The Hall–Kier alpha value is -2.38. The number of fused-ring (bicyclic) bond motifs is 1. The van der Waals surface area contributed by atoms with Gasteiger partial charge in [-0.1, -0.05) is 6.07 Å². The molecule has 5 nitrogen and oxygen atoms in total. The van der Waals surface area contributed by atoms with Crippen molar-refractivity contribution in [3.63, 3.8) is 0 Å². The first-order valence-corrected chi connectivity index (χ1v) is 9.74. The van der Waals surface area contributed by atoms with Crippen molar-refractivity contribution in [3.05, 3.63) is 62.7 Å². The number of anilines is 1. The van der Waals surface area contributed by atoms with E-state index in [1.807, 2.05) is 17.5 Å². The van der Waals surface area contributed by atoms with Crippen LogP contribution >= 0.6 is 22.7 Å². The monoisotopic (exact) mass is 369 g/mol. The number of hydrogen-bond donors (Lipinski definition) is 1. The van der Waals surface area contributed by atoms with E-state index in [1.54, 1.807) is 0 Å². The summed E-state index contributed by atoms with van der Waals surface area (Å²) in [6, 6.07) is 3.70. The number of amides is 1. The van der Waals surface area contributed by atoms with E-state index in [0.717, 1.165) is 31.2 Å². The average molecular weight is 369 g/mol. The number of hydrogen-bond acceptors (Lipinski definition) is 6. The van der Waals surface area contributed by atoms with Gasteiger partial charge in [-0.2, -0.15) is 0 Å². The zero-order valence-corrected chi connectivity index (χ0v) is 15.0. The smallest absolute Gasteiger partial charge is 0.276 e.